The largest absolute Gasteiger partial charge is 0.477 e. The van der Waals surface area contributed by atoms with Crippen LogP contribution in [-0.2, 0) is 0 Å². The SMILES string of the molecule is CCOc1ncccc1C(=O)Nc1cc(-c2ccc(C)s2)[nH]n1. The maximum Gasteiger partial charge on any atom is 0.262 e. The number of rotatable bonds is 5. The number of carbonyl (C=O) groups is 1. The Morgan fingerprint density at radius 3 is 3.00 bits per heavy atom. The summed E-state index contributed by atoms with van der Waals surface area (Å²) in [7, 11) is 0. The van der Waals surface area contributed by atoms with E-state index in [1.807, 2.05) is 26.0 Å². The molecule has 3 aromatic rings. The Kier molecular flexibility index (Phi) is 4.38. The van der Waals surface area contributed by atoms with Gasteiger partial charge in [-0.3, -0.25) is 9.89 Å². The van der Waals surface area contributed by atoms with E-state index in [9.17, 15) is 4.79 Å². The molecule has 0 aliphatic carbocycles. The van der Waals surface area contributed by atoms with Crippen LogP contribution < -0.4 is 10.1 Å². The molecular formula is C16H16N4O2S. The van der Waals surface area contributed by atoms with E-state index in [0.29, 0.717) is 23.9 Å². The molecule has 0 aliphatic heterocycles. The fourth-order valence-corrected chi connectivity index (χ4v) is 2.92. The van der Waals surface area contributed by atoms with Gasteiger partial charge in [0.25, 0.3) is 5.91 Å². The van der Waals surface area contributed by atoms with Crippen molar-refractivity contribution in [1.82, 2.24) is 15.2 Å². The van der Waals surface area contributed by atoms with E-state index in [-0.39, 0.29) is 5.91 Å². The van der Waals surface area contributed by atoms with E-state index in [1.165, 1.54) is 4.88 Å². The maximum absolute atomic E-state index is 12.4. The summed E-state index contributed by atoms with van der Waals surface area (Å²) in [5, 5.41) is 9.82. The minimum absolute atomic E-state index is 0.304. The number of ether oxygens (including phenoxy) is 1. The van der Waals surface area contributed by atoms with E-state index in [2.05, 4.69) is 20.5 Å². The third kappa shape index (κ3) is 3.40. The summed E-state index contributed by atoms with van der Waals surface area (Å²) in [5.74, 6) is 0.474. The minimum atomic E-state index is -0.304. The summed E-state index contributed by atoms with van der Waals surface area (Å²) in [6.45, 7) is 4.34. The molecule has 0 fully saturated rings. The van der Waals surface area contributed by atoms with Crippen LogP contribution in [0, 0.1) is 6.92 Å². The van der Waals surface area contributed by atoms with Gasteiger partial charge < -0.3 is 10.1 Å². The summed E-state index contributed by atoms with van der Waals surface area (Å²) >= 11 is 1.66. The third-order valence-corrected chi connectivity index (χ3v) is 4.16. The first-order valence-corrected chi connectivity index (χ1v) is 8.00. The van der Waals surface area contributed by atoms with E-state index in [1.54, 1.807) is 35.7 Å². The highest BCUT2D eigenvalue weighted by atomic mass is 32.1. The van der Waals surface area contributed by atoms with Gasteiger partial charge in [-0.25, -0.2) is 4.98 Å². The Labute approximate surface area is 137 Å². The monoisotopic (exact) mass is 328 g/mol. The number of thiophene rings is 1. The molecule has 0 atom stereocenters. The van der Waals surface area contributed by atoms with Crippen molar-refractivity contribution in [2.45, 2.75) is 13.8 Å². The van der Waals surface area contributed by atoms with E-state index < -0.39 is 0 Å². The summed E-state index contributed by atoms with van der Waals surface area (Å²) in [4.78, 5) is 18.7. The Hall–Kier alpha value is -2.67. The highest BCUT2D eigenvalue weighted by molar-refractivity contribution is 7.15. The topological polar surface area (TPSA) is 79.9 Å². The van der Waals surface area contributed by atoms with Gasteiger partial charge in [-0.05, 0) is 38.1 Å². The number of pyridine rings is 1. The number of carbonyl (C=O) groups excluding carboxylic acids is 1. The van der Waals surface area contributed by atoms with Crippen LogP contribution in [0.2, 0.25) is 0 Å². The fourth-order valence-electron chi connectivity index (χ4n) is 2.09. The number of H-pyrrole nitrogens is 1. The second-order valence-corrected chi connectivity index (χ2v) is 6.11. The molecule has 23 heavy (non-hydrogen) atoms. The molecule has 118 valence electrons. The second-order valence-electron chi connectivity index (χ2n) is 4.82. The molecule has 0 saturated heterocycles. The molecule has 0 aliphatic rings. The van der Waals surface area contributed by atoms with Crippen molar-refractivity contribution in [3.8, 4) is 16.5 Å². The minimum Gasteiger partial charge on any atom is -0.477 e. The molecule has 0 bridgehead atoms. The number of aromatic amines is 1. The van der Waals surface area contributed by atoms with Crippen LogP contribution in [0.4, 0.5) is 5.82 Å². The van der Waals surface area contributed by atoms with Crippen LogP contribution in [0.1, 0.15) is 22.2 Å². The molecular weight excluding hydrogens is 312 g/mol. The molecule has 0 unspecified atom stereocenters. The quantitative estimate of drug-likeness (QED) is 0.751. The molecule has 2 N–H and O–H groups in total. The average molecular weight is 328 g/mol. The van der Waals surface area contributed by atoms with Gasteiger partial charge in [-0.2, -0.15) is 5.10 Å². The number of aryl methyl sites for hydroxylation is 1. The third-order valence-electron chi connectivity index (χ3n) is 3.12. The van der Waals surface area contributed by atoms with Gasteiger partial charge in [-0.15, -0.1) is 11.3 Å². The Bertz CT molecular complexity index is 825. The summed E-state index contributed by atoms with van der Waals surface area (Å²) in [6.07, 6.45) is 1.59. The molecule has 0 spiro atoms. The van der Waals surface area contributed by atoms with E-state index in [0.717, 1.165) is 10.6 Å². The summed E-state index contributed by atoms with van der Waals surface area (Å²) in [5.41, 5.74) is 1.25. The number of nitrogens with zero attached hydrogens (tertiary/aromatic N) is 2. The normalized spacial score (nSPS) is 10.5. The van der Waals surface area contributed by atoms with Crippen molar-refractivity contribution in [2.75, 3.05) is 11.9 Å². The van der Waals surface area contributed by atoms with Crippen molar-refractivity contribution in [2.24, 2.45) is 0 Å². The molecule has 0 saturated carbocycles. The first-order valence-electron chi connectivity index (χ1n) is 7.18. The predicted octanol–water partition coefficient (Wildman–Crippen LogP) is 3.49. The molecule has 1 amide bonds. The molecule has 3 rings (SSSR count). The van der Waals surface area contributed by atoms with Crippen molar-refractivity contribution >= 4 is 23.1 Å². The zero-order chi connectivity index (χ0) is 16.2. The number of nitrogens with one attached hydrogen (secondary N) is 2. The number of hydrogen-bond acceptors (Lipinski definition) is 5. The number of aromatic nitrogens is 3. The predicted molar refractivity (Wildman–Crippen MR) is 90.0 cm³/mol. The summed E-state index contributed by atoms with van der Waals surface area (Å²) in [6, 6.07) is 9.24. The fraction of sp³-hybridized carbons (Fsp3) is 0.188. The lowest BCUT2D eigenvalue weighted by molar-refractivity contribution is 0.102. The summed E-state index contributed by atoms with van der Waals surface area (Å²) < 4.78 is 5.37. The molecule has 0 radical (unpaired) electrons. The number of hydrogen-bond donors (Lipinski definition) is 2. The first kappa shape index (κ1) is 15.2. The van der Waals surface area contributed by atoms with Crippen molar-refractivity contribution in [1.29, 1.82) is 0 Å². The van der Waals surface area contributed by atoms with Crippen LogP contribution in [0.25, 0.3) is 10.6 Å². The Morgan fingerprint density at radius 1 is 1.39 bits per heavy atom. The van der Waals surface area contributed by atoms with Gasteiger partial charge in [-0.1, -0.05) is 0 Å². The van der Waals surface area contributed by atoms with Gasteiger partial charge in [0, 0.05) is 17.1 Å². The zero-order valence-electron chi connectivity index (χ0n) is 12.8. The Morgan fingerprint density at radius 2 is 2.26 bits per heavy atom. The number of amides is 1. The van der Waals surface area contributed by atoms with Gasteiger partial charge >= 0.3 is 0 Å². The highest BCUT2D eigenvalue weighted by Gasteiger charge is 2.15. The lowest BCUT2D eigenvalue weighted by Gasteiger charge is -2.07. The Balaban J connectivity index is 1.77. The average Bonchev–Trinajstić information content (AvgIpc) is 3.17. The van der Waals surface area contributed by atoms with Crippen LogP contribution in [-0.4, -0.2) is 27.7 Å². The zero-order valence-corrected chi connectivity index (χ0v) is 13.6. The lowest BCUT2D eigenvalue weighted by atomic mass is 10.2. The molecule has 7 heteroatoms. The van der Waals surface area contributed by atoms with Crippen LogP contribution in [0.15, 0.2) is 36.5 Å². The van der Waals surface area contributed by atoms with Gasteiger partial charge in [0.2, 0.25) is 5.88 Å². The second kappa shape index (κ2) is 6.62. The molecule has 0 aromatic carbocycles. The molecule has 3 heterocycles. The number of anilines is 1. The van der Waals surface area contributed by atoms with Gasteiger partial charge in [0.05, 0.1) is 17.2 Å². The van der Waals surface area contributed by atoms with Gasteiger partial charge in [0.15, 0.2) is 5.82 Å². The lowest BCUT2D eigenvalue weighted by Crippen LogP contribution is -2.14. The standard InChI is InChI=1S/C16H16N4O2S/c1-3-22-16-11(5-4-8-17-16)15(21)18-14-9-12(19-20-14)13-7-6-10(2)23-13/h4-9H,3H2,1-2H3,(H2,18,19,20,21). The first-order chi connectivity index (χ1) is 11.2. The van der Waals surface area contributed by atoms with Crippen molar-refractivity contribution < 1.29 is 9.53 Å². The molecule has 3 aromatic heterocycles. The van der Waals surface area contributed by atoms with E-state index in [4.69, 9.17) is 4.74 Å². The maximum atomic E-state index is 12.4. The van der Waals surface area contributed by atoms with Crippen molar-refractivity contribution in [3.05, 3.63) is 47.0 Å². The highest BCUT2D eigenvalue weighted by Crippen LogP contribution is 2.27. The van der Waals surface area contributed by atoms with Crippen LogP contribution >= 0.6 is 11.3 Å². The smallest absolute Gasteiger partial charge is 0.262 e. The van der Waals surface area contributed by atoms with Crippen LogP contribution in [0.3, 0.4) is 0 Å². The van der Waals surface area contributed by atoms with Crippen molar-refractivity contribution in [3.63, 3.8) is 0 Å². The van der Waals surface area contributed by atoms with Crippen LogP contribution in [0.5, 0.6) is 5.88 Å². The van der Waals surface area contributed by atoms with Gasteiger partial charge in [0.1, 0.15) is 5.56 Å². The van der Waals surface area contributed by atoms with E-state index >= 15 is 0 Å². The molecule has 6 nitrogen and oxygen atoms in total.